The highest BCUT2D eigenvalue weighted by Gasteiger charge is 2.55. The number of esters is 1. The summed E-state index contributed by atoms with van der Waals surface area (Å²) < 4.78 is 4.57. The topological polar surface area (TPSA) is 113 Å². The number of nitrogens with one attached hydrogen (secondary N) is 1. The van der Waals surface area contributed by atoms with Gasteiger partial charge in [0.2, 0.25) is 11.8 Å². The third-order valence-electron chi connectivity index (χ3n) is 4.11. The van der Waals surface area contributed by atoms with Crippen LogP contribution in [0.15, 0.2) is 28.5 Å². The molecule has 10 heteroatoms. The number of carbonyl (C=O) groups excluding carboxylic acids is 3. The lowest BCUT2D eigenvalue weighted by Crippen LogP contribution is -2.74. The maximum Gasteiger partial charge on any atom is 0.330 e. The van der Waals surface area contributed by atoms with Gasteiger partial charge in [-0.25, -0.2) is 4.79 Å². The number of fused-ring (bicyclic) bond motifs is 1. The summed E-state index contributed by atoms with van der Waals surface area (Å²) in [7, 11) is 1.21. The number of carboxylic acid groups (broad SMARTS) is 1. The quantitative estimate of drug-likeness (QED) is 0.534. The van der Waals surface area contributed by atoms with Crippen LogP contribution < -0.4 is 5.32 Å². The fourth-order valence-electron chi connectivity index (χ4n) is 2.89. The lowest BCUT2D eigenvalue weighted by molar-refractivity contribution is -0.160. The number of methoxy groups -OCH3 is 1. The van der Waals surface area contributed by atoms with Crippen LogP contribution in [0.1, 0.15) is 11.3 Å². The smallest absolute Gasteiger partial charge is 0.330 e. The monoisotopic (exact) mass is 396 g/mol. The van der Waals surface area contributed by atoms with Crippen molar-refractivity contribution in [3.63, 3.8) is 0 Å². The average molecular weight is 396 g/mol. The van der Waals surface area contributed by atoms with Gasteiger partial charge >= 0.3 is 11.9 Å². The van der Waals surface area contributed by atoms with Gasteiger partial charge in [-0.05, 0) is 22.4 Å². The van der Waals surface area contributed by atoms with Crippen molar-refractivity contribution in [3.8, 4) is 0 Å². The van der Waals surface area contributed by atoms with Crippen LogP contribution in [-0.4, -0.2) is 58.3 Å². The maximum absolute atomic E-state index is 12.4. The molecule has 26 heavy (non-hydrogen) atoms. The van der Waals surface area contributed by atoms with Gasteiger partial charge in [0, 0.05) is 4.88 Å². The lowest BCUT2D eigenvalue weighted by atomic mass is 9.96. The van der Waals surface area contributed by atoms with Crippen LogP contribution in [0.3, 0.4) is 0 Å². The van der Waals surface area contributed by atoms with Gasteiger partial charge in [0.1, 0.15) is 11.4 Å². The SMILES string of the molecule is COC(=O)CC1=CS[C@H]2C(NC(=O)Cc3cccs3)C(=O)N2C1C(=O)O. The molecule has 1 aromatic heterocycles. The number of carbonyl (C=O) groups is 4. The molecule has 2 N–H and O–H groups in total. The van der Waals surface area contributed by atoms with E-state index in [9.17, 15) is 24.3 Å². The molecule has 0 bridgehead atoms. The predicted octanol–water partition coefficient (Wildman–Crippen LogP) is 0.591. The first-order valence-corrected chi connectivity index (χ1v) is 9.52. The standard InChI is InChI=1S/C16H16N2O6S2/c1-24-11(20)5-8-7-26-15-12(14(21)18(15)13(8)16(22)23)17-10(19)6-9-3-2-4-25-9/h2-4,7,12-13,15H,5-6H2,1H3,(H,17,19)(H,22,23)/t12?,13?,15-/m0/s1. The van der Waals surface area contributed by atoms with E-state index in [4.69, 9.17) is 0 Å². The molecular weight excluding hydrogens is 380 g/mol. The molecule has 3 heterocycles. The Morgan fingerprint density at radius 1 is 1.35 bits per heavy atom. The number of ether oxygens (including phenoxy) is 1. The number of aliphatic carboxylic acids is 1. The van der Waals surface area contributed by atoms with Crippen LogP contribution in [0.25, 0.3) is 0 Å². The molecule has 2 unspecified atom stereocenters. The minimum absolute atomic E-state index is 0.171. The van der Waals surface area contributed by atoms with Crippen LogP contribution in [0.5, 0.6) is 0 Å². The highest BCUT2D eigenvalue weighted by Crippen LogP contribution is 2.41. The summed E-state index contributed by atoms with van der Waals surface area (Å²) in [6, 6.07) is 1.67. The van der Waals surface area contributed by atoms with Crippen molar-refractivity contribution < 1.29 is 29.0 Å². The molecule has 0 radical (unpaired) electrons. The Balaban J connectivity index is 1.69. The second-order valence-electron chi connectivity index (χ2n) is 5.76. The summed E-state index contributed by atoms with van der Waals surface area (Å²) in [5.41, 5.74) is 0.294. The van der Waals surface area contributed by atoms with E-state index in [1.165, 1.54) is 35.1 Å². The molecule has 2 aliphatic rings. The molecule has 1 fully saturated rings. The molecule has 3 atom stereocenters. The number of amides is 2. The first-order valence-electron chi connectivity index (χ1n) is 7.70. The van der Waals surface area contributed by atoms with E-state index in [-0.39, 0.29) is 18.7 Å². The average Bonchev–Trinajstić information content (AvgIpc) is 3.11. The Hall–Kier alpha value is -2.33. The summed E-state index contributed by atoms with van der Waals surface area (Å²) in [6.07, 6.45) is -0.0308. The van der Waals surface area contributed by atoms with Gasteiger partial charge in [-0.3, -0.25) is 14.4 Å². The zero-order valence-electron chi connectivity index (χ0n) is 13.7. The molecule has 0 aliphatic carbocycles. The van der Waals surface area contributed by atoms with Crippen LogP contribution in [0.4, 0.5) is 0 Å². The number of thioether (sulfide) groups is 1. The second-order valence-corrected chi connectivity index (χ2v) is 7.78. The second kappa shape index (κ2) is 7.50. The molecule has 3 rings (SSSR count). The summed E-state index contributed by atoms with van der Waals surface area (Å²) in [4.78, 5) is 49.7. The minimum Gasteiger partial charge on any atom is -0.479 e. The van der Waals surface area contributed by atoms with Crippen molar-refractivity contribution in [2.45, 2.75) is 30.3 Å². The van der Waals surface area contributed by atoms with Gasteiger partial charge in [0.25, 0.3) is 0 Å². The number of β-lactam (4-membered cyclic amide) rings is 1. The highest BCUT2D eigenvalue weighted by molar-refractivity contribution is 8.02. The minimum atomic E-state index is -1.22. The molecule has 0 aromatic carbocycles. The Kier molecular flexibility index (Phi) is 5.33. The van der Waals surface area contributed by atoms with E-state index in [1.807, 2.05) is 17.5 Å². The summed E-state index contributed by atoms with van der Waals surface area (Å²) in [6.45, 7) is 0. The van der Waals surface area contributed by atoms with Crippen LogP contribution in [0.2, 0.25) is 0 Å². The predicted molar refractivity (Wildman–Crippen MR) is 94.3 cm³/mol. The Bertz CT molecular complexity index is 776. The van der Waals surface area contributed by atoms with Gasteiger partial charge in [0.15, 0.2) is 6.04 Å². The number of carboxylic acids is 1. The van der Waals surface area contributed by atoms with E-state index in [2.05, 4.69) is 10.1 Å². The van der Waals surface area contributed by atoms with Crippen LogP contribution in [-0.2, 0) is 30.3 Å². The van der Waals surface area contributed by atoms with Gasteiger partial charge in [-0.2, -0.15) is 0 Å². The van der Waals surface area contributed by atoms with E-state index < -0.39 is 35.3 Å². The molecule has 1 saturated heterocycles. The van der Waals surface area contributed by atoms with E-state index >= 15 is 0 Å². The largest absolute Gasteiger partial charge is 0.479 e. The summed E-state index contributed by atoms with van der Waals surface area (Å²) in [5.74, 6) is -2.55. The number of thiophene rings is 1. The number of hydrogen-bond donors (Lipinski definition) is 2. The number of rotatable bonds is 6. The van der Waals surface area contributed by atoms with Gasteiger partial charge < -0.3 is 20.1 Å². The van der Waals surface area contributed by atoms with Crippen LogP contribution in [0, 0.1) is 0 Å². The Labute approximate surface area is 157 Å². The first kappa shape index (κ1) is 18.5. The third kappa shape index (κ3) is 3.47. The molecule has 138 valence electrons. The first-order chi connectivity index (χ1) is 12.4. The fourth-order valence-corrected chi connectivity index (χ4v) is 4.82. The zero-order valence-corrected chi connectivity index (χ0v) is 15.3. The highest BCUT2D eigenvalue weighted by atomic mass is 32.2. The van der Waals surface area contributed by atoms with Gasteiger partial charge in [-0.15, -0.1) is 23.1 Å². The van der Waals surface area contributed by atoms with Crippen molar-refractivity contribution in [2.24, 2.45) is 0 Å². The van der Waals surface area contributed by atoms with Crippen molar-refractivity contribution in [1.29, 1.82) is 0 Å². The maximum atomic E-state index is 12.4. The summed E-state index contributed by atoms with van der Waals surface area (Å²) in [5, 5.41) is 15.1. The number of hydrogen-bond acceptors (Lipinski definition) is 7. The van der Waals surface area contributed by atoms with E-state index in [0.29, 0.717) is 5.57 Å². The van der Waals surface area contributed by atoms with Gasteiger partial charge in [0.05, 0.1) is 20.0 Å². The molecule has 0 spiro atoms. The molecular formula is C16H16N2O6S2. The third-order valence-corrected chi connectivity index (χ3v) is 6.20. The molecule has 0 saturated carbocycles. The lowest BCUT2D eigenvalue weighted by Gasteiger charge is -2.51. The fraction of sp³-hybridized carbons (Fsp3) is 0.375. The van der Waals surface area contributed by atoms with E-state index in [0.717, 1.165) is 4.88 Å². The Morgan fingerprint density at radius 3 is 2.73 bits per heavy atom. The van der Waals surface area contributed by atoms with Crippen molar-refractivity contribution in [2.75, 3.05) is 7.11 Å². The van der Waals surface area contributed by atoms with Gasteiger partial charge in [-0.1, -0.05) is 6.07 Å². The van der Waals surface area contributed by atoms with Crippen LogP contribution >= 0.6 is 23.1 Å². The van der Waals surface area contributed by atoms with Crippen molar-refractivity contribution in [3.05, 3.63) is 33.4 Å². The zero-order chi connectivity index (χ0) is 18.8. The van der Waals surface area contributed by atoms with E-state index in [1.54, 1.807) is 5.41 Å². The normalized spacial score (nSPS) is 24.2. The molecule has 1 aromatic rings. The molecule has 8 nitrogen and oxygen atoms in total. The van der Waals surface area contributed by atoms with Crippen molar-refractivity contribution in [1.82, 2.24) is 10.2 Å². The Morgan fingerprint density at radius 2 is 2.12 bits per heavy atom. The number of nitrogens with zero attached hydrogens (tertiary/aromatic N) is 1. The summed E-state index contributed by atoms with van der Waals surface area (Å²) >= 11 is 2.66. The van der Waals surface area contributed by atoms with Crippen molar-refractivity contribution >= 4 is 46.9 Å². The molecule has 2 amide bonds. The molecule has 2 aliphatic heterocycles.